The number of rotatable bonds is 7. The van der Waals surface area contributed by atoms with E-state index in [1.807, 2.05) is 0 Å². The van der Waals surface area contributed by atoms with Crippen molar-refractivity contribution in [2.75, 3.05) is 38.5 Å². The van der Waals surface area contributed by atoms with Gasteiger partial charge in [-0.2, -0.15) is 0 Å². The predicted octanol–water partition coefficient (Wildman–Crippen LogP) is 0.985. The van der Waals surface area contributed by atoms with Crippen LogP contribution in [0.15, 0.2) is 32.5 Å². The van der Waals surface area contributed by atoms with Gasteiger partial charge in [-0.15, -0.1) is 10.2 Å². The highest BCUT2D eigenvalue weighted by Crippen LogP contribution is 2.17. The molecule has 1 aliphatic rings. The van der Waals surface area contributed by atoms with Gasteiger partial charge in [0.15, 0.2) is 5.76 Å². The van der Waals surface area contributed by atoms with Crippen LogP contribution in [-0.4, -0.2) is 76.4 Å². The molecule has 1 saturated heterocycles. The number of amides is 3. The van der Waals surface area contributed by atoms with Crippen molar-refractivity contribution in [3.05, 3.63) is 30.0 Å². The minimum atomic E-state index is -0.389. The topological polar surface area (TPSA) is 131 Å². The molecule has 3 heterocycles. The Balaban J connectivity index is 1.39. The van der Waals surface area contributed by atoms with Gasteiger partial charge in [-0.3, -0.25) is 9.59 Å². The van der Waals surface area contributed by atoms with Crippen LogP contribution in [0.25, 0.3) is 0 Å². The summed E-state index contributed by atoms with van der Waals surface area (Å²) in [6.07, 6.45) is 1.05. The van der Waals surface area contributed by atoms with E-state index in [0.717, 1.165) is 11.8 Å². The first-order valence-corrected chi connectivity index (χ1v) is 10.0. The molecule has 0 aliphatic carbocycles. The quantitative estimate of drug-likeness (QED) is 0.648. The van der Waals surface area contributed by atoms with Gasteiger partial charge in [0.2, 0.25) is 11.8 Å². The molecule has 1 fully saturated rings. The van der Waals surface area contributed by atoms with Crippen LogP contribution < -0.4 is 5.32 Å². The summed E-state index contributed by atoms with van der Waals surface area (Å²) >= 11 is 1.12. The number of carbonyl (C=O) groups excluding carboxylic acids is 3. The molecule has 0 atom stereocenters. The molecule has 2 aromatic rings. The molecule has 0 unspecified atom stereocenters. The summed E-state index contributed by atoms with van der Waals surface area (Å²) in [5.41, 5.74) is 0. The Morgan fingerprint density at radius 1 is 1.21 bits per heavy atom. The summed E-state index contributed by atoms with van der Waals surface area (Å²) in [7, 11) is 0. The first kappa shape index (κ1) is 20.7. The highest BCUT2D eigenvalue weighted by molar-refractivity contribution is 7.99. The lowest BCUT2D eigenvalue weighted by molar-refractivity contribution is -0.129. The van der Waals surface area contributed by atoms with E-state index in [9.17, 15) is 14.4 Å². The van der Waals surface area contributed by atoms with Gasteiger partial charge in [0, 0.05) is 26.2 Å². The maximum atomic E-state index is 12.3. The number of furan rings is 1. The van der Waals surface area contributed by atoms with Crippen LogP contribution in [0.1, 0.15) is 23.4 Å². The van der Waals surface area contributed by atoms with Gasteiger partial charge in [0.05, 0.1) is 25.2 Å². The molecule has 0 aromatic carbocycles. The van der Waals surface area contributed by atoms with Crippen molar-refractivity contribution in [2.24, 2.45) is 0 Å². The fraction of sp³-hybridized carbons (Fsp3) is 0.471. The van der Waals surface area contributed by atoms with Gasteiger partial charge in [0.25, 0.3) is 11.1 Å². The van der Waals surface area contributed by atoms with Crippen LogP contribution in [0.3, 0.4) is 0 Å². The zero-order valence-corrected chi connectivity index (χ0v) is 16.6. The average molecular weight is 423 g/mol. The third kappa shape index (κ3) is 5.73. The van der Waals surface area contributed by atoms with Crippen LogP contribution in [-0.2, 0) is 16.1 Å². The Morgan fingerprint density at radius 3 is 2.66 bits per heavy atom. The van der Waals surface area contributed by atoms with Crippen molar-refractivity contribution in [2.45, 2.75) is 18.7 Å². The van der Waals surface area contributed by atoms with E-state index < -0.39 is 0 Å². The maximum Gasteiger partial charge on any atom is 0.409 e. The third-order valence-corrected chi connectivity index (χ3v) is 4.87. The van der Waals surface area contributed by atoms with Gasteiger partial charge in [-0.25, -0.2) is 4.79 Å². The summed E-state index contributed by atoms with van der Waals surface area (Å²) in [6, 6.07) is 3.16. The average Bonchev–Trinajstić information content (AvgIpc) is 3.43. The van der Waals surface area contributed by atoms with E-state index in [1.165, 1.54) is 6.26 Å². The Hall–Kier alpha value is -3.02. The summed E-state index contributed by atoms with van der Waals surface area (Å²) in [5, 5.41) is 10.5. The van der Waals surface area contributed by atoms with Crippen molar-refractivity contribution in [3.63, 3.8) is 0 Å². The molecule has 2 aromatic heterocycles. The van der Waals surface area contributed by atoms with Gasteiger partial charge >= 0.3 is 6.09 Å². The molecule has 12 heteroatoms. The van der Waals surface area contributed by atoms with Crippen molar-refractivity contribution >= 4 is 29.7 Å². The minimum Gasteiger partial charge on any atom is -0.459 e. The molecule has 156 valence electrons. The number of nitrogens with zero attached hydrogens (tertiary/aromatic N) is 4. The summed E-state index contributed by atoms with van der Waals surface area (Å²) in [5.74, 6) is 0.0828. The first-order chi connectivity index (χ1) is 14.1. The molecule has 1 aliphatic heterocycles. The number of thioether (sulfide) groups is 1. The van der Waals surface area contributed by atoms with Crippen LogP contribution >= 0.6 is 11.8 Å². The SMILES string of the molecule is CCOC(=O)N1CCN(C(=O)CSc2nnc(CNC(=O)c3ccco3)o2)CC1. The molecule has 3 rings (SSSR count). The van der Waals surface area contributed by atoms with Gasteiger partial charge in [0.1, 0.15) is 0 Å². The van der Waals surface area contributed by atoms with Crippen molar-refractivity contribution in [3.8, 4) is 0 Å². The molecular weight excluding hydrogens is 402 g/mol. The van der Waals surface area contributed by atoms with Gasteiger partial charge in [-0.05, 0) is 19.1 Å². The second-order valence-electron chi connectivity index (χ2n) is 5.98. The molecule has 11 nitrogen and oxygen atoms in total. The predicted molar refractivity (Wildman–Crippen MR) is 100 cm³/mol. The second kappa shape index (κ2) is 9.96. The molecule has 0 saturated carbocycles. The maximum absolute atomic E-state index is 12.3. The molecule has 1 N–H and O–H groups in total. The number of piperazine rings is 1. The lowest BCUT2D eigenvalue weighted by atomic mass is 10.3. The van der Waals surface area contributed by atoms with Crippen molar-refractivity contribution in [1.29, 1.82) is 0 Å². The highest BCUT2D eigenvalue weighted by Gasteiger charge is 2.25. The first-order valence-electron chi connectivity index (χ1n) is 9.03. The third-order valence-electron chi connectivity index (χ3n) is 4.07. The largest absolute Gasteiger partial charge is 0.459 e. The Kier molecular flexibility index (Phi) is 7.11. The highest BCUT2D eigenvalue weighted by atomic mass is 32.2. The zero-order chi connectivity index (χ0) is 20.6. The Bertz CT molecular complexity index is 831. The second-order valence-corrected chi connectivity index (χ2v) is 6.90. The number of carbonyl (C=O) groups is 3. The molecule has 3 amide bonds. The molecular formula is C17H21N5O6S. The lowest BCUT2D eigenvalue weighted by Crippen LogP contribution is -2.51. The van der Waals surface area contributed by atoms with E-state index in [1.54, 1.807) is 28.9 Å². The van der Waals surface area contributed by atoms with E-state index in [4.69, 9.17) is 13.6 Å². The fourth-order valence-corrected chi connectivity index (χ4v) is 3.27. The number of hydrogen-bond donors (Lipinski definition) is 1. The zero-order valence-electron chi connectivity index (χ0n) is 15.8. The van der Waals surface area contributed by atoms with E-state index in [0.29, 0.717) is 32.8 Å². The summed E-state index contributed by atoms with van der Waals surface area (Å²) in [4.78, 5) is 39.1. The van der Waals surface area contributed by atoms with Crippen LogP contribution in [0, 0.1) is 0 Å². The monoisotopic (exact) mass is 423 g/mol. The molecule has 29 heavy (non-hydrogen) atoms. The summed E-state index contributed by atoms with van der Waals surface area (Å²) in [6.45, 7) is 3.91. The van der Waals surface area contributed by atoms with Gasteiger partial charge in [-0.1, -0.05) is 11.8 Å². The standard InChI is InChI=1S/C17H21N5O6S/c1-2-26-17(25)22-7-5-21(6-8-22)14(23)11-29-16-20-19-13(28-16)10-18-15(24)12-4-3-9-27-12/h3-4,9H,2,5-8,10-11H2,1H3,(H,18,24). The summed E-state index contributed by atoms with van der Waals surface area (Å²) < 4.78 is 15.4. The smallest absolute Gasteiger partial charge is 0.409 e. The molecule has 0 bridgehead atoms. The van der Waals surface area contributed by atoms with E-state index in [2.05, 4.69) is 15.5 Å². The van der Waals surface area contributed by atoms with Crippen LogP contribution in [0.2, 0.25) is 0 Å². The van der Waals surface area contributed by atoms with Crippen molar-refractivity contribution in [1.82, 2.24) is 25.3 Å². The lowest BCUT2D eigenvalue weighted by Gasteiger charge is -2.33. The molecule has 0 radical (unpaired) electrons. The minimum absolute atomic E-state index is 0.0524. The normalized spacial score (nSPS) is 14.0. The Labute approximate surface area is 170 Å². The molecule has 0 spiro atoms. The fourth-order valence-electron chi connectivity index (χ4n) is 2.59. The van der Waals surface area contributed by atoms with Gasteiger partial charge < -0.3 is 28.7 Å². The van der Waals surface area contributed by atoms with Crippen LogP contribution in [0.5, 0.6) is 0 Å². The number of nitrogens with one attached hydrogen (secondary N) is 1. The Morgan fingerprint density at radius 2 is 1.97 bits per heavy atom. The number of aromatic nitrogens is 2. The number of ether oxygens (including phenoxy) is 1. The number of hydrogen-bond acceptors (Lipinski definition) is 9. The van der Waals surface area contributed by atoms with Crippen molar-refractivity contribution < 1.29 is 28.0 Å². The van der Waals surface area contributed by atoms with E-state index in [-0.39, 0.29) is 47.1 Å². The van der Waals surface area contributed by atoms with E-state index >= 15 is 0 Å². The van der Waals surface area contributed by atoms with Crippen LogP contribution in [0.4, 0.5) is 4.79 Å².